The molecule has 7 heterocycles. The molecule has 0 bridgehead atoms. The zero-order chi connectivity index (χ0) is 72.6. The van der Waals surface area contributed by atoms with Gasteiger partial charge < -0.3 is 153 Å². The Hall–Kier alpha value is -2.48. The third-order valence-electron chi connectivity index (χ3n) is 25.7. The molecule has 0 amide bonds. The average Bonchev–Trinajstić information content (AvgIpc) is 0.675. The summed E-state index contributed by atoms with van der Waals surface area (Å²) in [6.45, 7) is 14.5. The van der Waals surface area contributed by atoms with Crippen LogP contribution >= 0.6 is 0 Å². The normalized spacial score (nSPS) is 54.1. The van der Waals surface area contributed by atoms with Crippen molar-refractivity contribution in [2.45, 2.75) is 310 Å². The van der Waals surface area contributed by atoms with Crippen LogP contribution in [0, 0.1) is 50.2 Å². The maximum Gasteiger partial charge on any atom is 0.335 e. The monoisotopic (exact) mass is 1440 g/mol. The molecular formula is C67H106O33. The summed E-state index contributed by atoms with van der Waals surface area (Å²) in [6, 6.07) is 0. The molecule has 5 aliphatic carbocycles. The molecule has 7 saturated heterocycles. The lowest BCUT2D eigenvalue weighted by Gasteiger charge is -2.71. The minimum atomic E-state index is -2.05. The summed E-state index contributed by atoms with van der Waals surface area (Å²) >= 11 is 0. The molecule has 17 N–H and O–H groups in total. The van der Waals surface area contributed by atoms with Gasteiger partial charge in [0, 0.05) is 0 Å². The predicted octanol–water partition coefficient (Wildman–Crippen LogP) is -4.25. The van der Waals surface area contributed by atoms with Crippen LogP contribution in [0.5, 0.6) is 0 Å². The number of fused-ring (bicyclic) bond motifs is 7. The van der Waals surface area contributed by atoms with Crippen molar-refractivity contribution in [1.29, 1.82) is 0 Å². The van der Waals surface area contributed by atoms with Crippen LogP contribution in [0.15, 0.2) is 11.6 Å². The predicted molar refractivity (Wildman–Crippen MR) is 330 cm³/mol. The van der Waals surface area contributed by atoms with Crippen molar-refractivity contribution < 1.29 is 163 Å². The highest BCUT2D eigenvalue weighted by Crippen LogP contribution is 2.76. The number of carboxylic acids is 1. The molecule has 0 radical (unpaired) electrons. The van der Waals surface area contributed by atoms with Gasteiger partial charge in [0.2, 0.25) is 6.29 Å². The zero-order valence-electron chi connectivity index (χ0n) is 57.4. The summed E-state index contributed by atoms with van der Waals surface area (Å²) < 4.78 is 83.5. The Labute approximate surface area is 577 Å². The van der Waals surface area contributed by atoms with Crippen LogP contribution < -0.4 is 0 Å². The smallest absolute Gasteiger partial charge is 0.335 e. The van der Waals surface area contributed by atoms with Gasteiger partial charge in [-0.1, -0.05) is 60.1 Å². The lowest BCUT2D eigenvalue weighted by atomic mass is 9.33. The third-order valence-corrected chi connectivity index (χ3v) is 25.7. The van der Waals surface area contributed by atoms with Crippen LogP contribution in [-0.2, 0) is 75.9 Å². The Kier molecular flexibility index (Phi) is 22.3. The van der Waals surface area contributed by atoms with Crippen molar-refractivity contribution in [1.82, 2.24) is 0 Å². The third kappa shape index (κ3) is 13.5. The van der Waals surface area contributed by atoms with Crippen molar-refractivity contribution in [2.24, 2.45) is 50.2 Å². The van der Waals surface area contributed by atoms with Gasteiger partial charge in [0.25, 0.3) is 0 Å². The van der Waals surface area contributed by atoms with E-state index in [1.54, 1.807) is 0 Å². The molecule has 0 aromatic heterocycles. The van der Waals surface area contributed by atoms with E-state index in [-0.39, 0.29) is 34.0 Å². The van der Waals surface area contributed by atoms with Gasteiger partial charge >= 0.3 is 11.9 Å². The molecule has 0 spiro atoms. The Bertz CT molecular complexity index is 2890. The standard InChI is InChI=1S/C67H106O33/c1-25-47(94-57-44(81)48(32(72)24-90-57)95-54-40(77)36(73)28(68)20-87-54)50(97-56-42(79)38(75)30(70)22-89-56)46(83)58(92-25)99-52-39(76)31(71)23-91-60(52)100-61(86)67-17-15-62(2,3)19-27(67)26-9-10-34-64(6)13-12-35(63(4,5)33(64)11-14-66(34,8)65(26,7)16-18-67)93-59-45(82)49(43(80)51(98-59)53(84)85)96-55-41(78)37(74)29(69)21-88-55/h9,25,27-52,54-60,68-83H,10-24H2,1-8H3,(H,84,85)/t25-,27-,28-,29-,30+,31-,32+,33-,34+,35?,36-,37-,38-,39-,40+,41+,42+,43-,44+,45+,46+,47-,48-,49-,50-,51-,52+,54-,55-,56-,57-,58-,59+,60-,64-,65+,66+,67-/m0/s1. The maximum atomic E-state index is 15.7. The van der Waals surface area contributed by atoms with E-state index in [9.17, 15) is 91.6 Å². The Balaban J connectivity index is 0.760. The van der Waals surface area contributed by atoms with Crippen molar-refractivity contribution in [3.05, 3.63) is 11.6 Å². The minimum absolute atomic E-state index is 0.0256. The molecule has 7 aliphatic heterocycles. The number of esters is 1. The Morgan fingerprint density at radius 3 is 1.49 bits per heavy atom. The number of carbonyl (C=O) groups excluding carboxylic acids is 1. The number of carboxylic acid groups (broad SMARTS) is 1. The SMILES string of the molecule is C[C@@H]1O[C@@H](O[C@H]2[C@H](OC(=O)[C@]34CCC(C)(C)C[C@H]3C3=CC[C@@H]5[C@@]6(C)CCC(O[C@@H]7O[C@H](C(=O)O)[C@@H](O)[C@H](O[C@@H]8OC[C@H](O)[C@H](O)[C@H]8O)[C@H]7O)C(C)(C)[C@@H]6CC[C@@]5(C)[C@]3(C)CC4)OC[C@H](O)[C@@H]2O)[C@H](O)[C@H](O[C@@H]2OC[C@@H](O)[C@H](O)[C@H]2O)[C@H]1O[C@@H]1OC[C@@H](O)[C@H](O[C@@H]2OC[C@H](O)[C@H](O)[C@H]2O)[C@H]1O. The van der Waals surface area contributed by atoms with Crippen LogP contribution in [0.1, 0.15) is 120 Å². The summed E-state index contributed by atoms with van der Waals surface area (Å²) in [5.74, 6) is -2.37. The first-order chi connectivity index (χ1) is 46.9. The van der Waals surface area contributed by atoms with Crippen LogP contribution in [0.2, 0.25) is 0 Å². The van der Waals surface area contributed by atoms with E-state index in [0.29, 0.717) is 51.4 Å². The first kappa shape index (κ1) is 77.1. The van der Waals surface area contributed by atoms with E-state index in [0.717, 1.165) is 18.4 Å². The first-order valence-electron chi connectivity index (χ1n) is 35.2. The number of hydrogen-bond acceptors (Lipinski definition) is 32. The second kappa shape index (κ2) is 28.9. The summed E-state index contributed by atoms with van der Waals surface area (Å²) in [5, 5.41) is 185. The van der Waals surface area contributed by atoms with Gasteiger partial charge in [0.15, 0.2) is 49.9 Å². The van der Waals surface area contributed by atoms with Crippen molar-refractivity contribution >= 4 is 11.9 Å². The van der Waals surface area contributed by atoms with E-state index in [4.69, 9.17) is 66.3 Å². The molecule has 0 aromatic carbocycles. The molecule has 33 heteroatoms. The number of allylic oxidation sites excluding steroid dienone is 2. The average molecular weight is 1440 g/mol. The fourth-order valence-corrected chi connectivity index (χ4v) is 19.5. The fourth-order valence-electron chi connectivity index (χ4n) is 19.5. The first-order valence-corrected chi connectivity index (χ1v) is 35.2. The number of aliphatic hydroxyl groups excluding tert-OH is 16. The Morgan fingerprint density at radius 1 is 0.440 bits per heavy atom. The van der Waals surface area contributed by atoms with E-state index in [1.165, 1.54) is 6.92 Å². The molecule has 11 fully saturated rings. The van der Waals surface area contributed by atoms with Gasteiger partial charge in [0.05, 0.1) is 50.7 Å². The van der Waals surface area contributed by atoms with E-state index >= 15 is 4.79 Å². The molecule has 12 rings (SSSR count). The summed E-state index contributed by atoms with van der Waals surface area (Å²) in [7, 11) is 0. The van der Waals surface area contributed by atoms with Crippen LogP contribution in [0.4, 0.5) is 0 Å². The van der Waals surface area contributed by atoms with Gasteiger partial charge in [-0.05, 0) is 116 Å². The summed E-state index contributed by atoms with van der Waals surface area (Å²) in [5.41, 5.74) is -1.85. The molecule has 100 heavy (non-hydrogen) atoms. The number of carbonyl (C=O) groups is 2. The molecule has 38 atom stereocenters. The van der Waals surface area contributed by atoms with Crippen molar-refractivity contribution in [3.8, 4) is 0 Å². The van der Waals surface area contributed by atoms with Crippen LogP contribution in [0.25, 0.3) is 0 Å². The summed E-state index contributed by atoms with van der Waals surface area (Å²) in [6.07, 6.45) is -43.9. The Morgan fingerprint density at radius 2 is 0.910 bits per heavy atom. The minimum Gasteiger partial charge on any atom is -0.479 e. The quantitative estimate of drug-likeness (QED) is 0.0419. The molecule has 572 valence electrons. The van der Waals surface area contributed by atoms with Crippen molar-refractivity contribution in [3.63, 3.8) is 0 Å². The lowest BCUT2D eigenvalue weighted by molar-refractivity contribution is -0.392. The molecule has 12 aliphatic rings. The van der Waals surface area contributed by atoms with E-state index < -0.39 is 252 Å². The van der Waals surface area contributed by atoms with Gasteiger partial charge in [-0.15, -0.1) is 0 Å². The van der Waals surface area contributed by atoms with E-state index in [1.807, 2.05) is 0 Å². The van der Waals surface area contributed by atoms with Gasteiger partial charge in [-0.25, -0.2) is 4.79 Å². The second-order valence-corrected chi connectivity index (χ2v) is 32.5. The fraction of sp³-hybridized carbons (Fsp3) is 0.940. The number of hydrogen-bond donors (Lipinski definition) is 17. The van der Waals surface area contributed by atoms with Gasteiger partial charge in [0.1, 0.15) is 122 Å². The van der Waals surface area contributed by atoms with Crippen LogP contribution in [0.3, 0.4) is 0 Å². The number of ether oxygens (including phenoxy) is 14. The number of aliphatic carboxylic acids is 1. The second-order valence-electron chi connectivity index (χ2n) is 32.5. The van der Waals surface area contributed by atoms with Gasteiger partial charge in [-0.3, -0.25) is 4.79 Å². The topological polar surface area (TPSA) is 507 Å². The molecule has 33 nitrogen and oxygen atoms in total. The van der Waals surface area contributed by atoms with Gasteiger partial charge in [-0.2, -0.15) is 0 Å². The largest absolute Gasteiger partial charge is 0.479 e. The van der Waals surface area contributed by atoms with E-state index in [2.05, 4.69) is 54.5 Å². The number of rotatable bonds is 15. The molecule has 1 unspecified atom stereocenters. The number of aliphatic hydroxyl groups is 16. The molecule has 0 aromatic rings. The summed E-state index contributed by atoms with van der Waals surface area (Å²) in [4.78, 5) is 28.3. The zero-order valence-corrected chi connectivity index (χ0v) is 57.4. The highest BCUT2D eigenvalue weighted by Gasteiger charge is 2.71. The maximum absolute atomic E-state index is 15.7. The molecular weight excluding hydrogens is 1330 g/mol. The molecule has 4 saturated carbocycles. The van der Waals surface area contributed by atoms with Crippen molar-refractivity contribution in [2.75, 3.05) is 33.0 Å². The highest BCUT2D eigenvalue weighted by molar-refractivity contribution is 5.79. The lowest BCUT2D eigenvalue weighted by Crippen LogP contribution is -2.67. The van der Waals surface area contributed by atoms with Crippen LogP contribution in [-0.4, -0.2) is 322 Å². The highest BCUT2D eigenvalue weighted by atomic mass is 16.8.